The van der Waals surface area contributed by atoms with Gasteiger partial charge in [-0.1, -0.05) is 5.57 Å². The third kappa shape index (κ3) is 2.09. The zero-order chi connectivity index (χ0) is 12.7. The van der Waals surface area contributed by atoms with Gasteiger partial charge in [-0.3, -0.25) is 0 Å². The minimum absolute atomic E-state index is 0.247. The van der Waals surface area contributed by atoms with Gasteiger partial charge in [-0.15, -0.1) is 0 Å². The predicted molar refractivity (Wildman–Crippen MR) is 70.7 cm³/mol. The van der Waals surface area contributed by atoms with E-state index in [9.17, 15) is 5.21 Å². The predicted octanol–water partition coefficient (Wildman–Crippen LogP) is 2.58. The number of nitrogens with zero attached hydrogens (tertiary/aromatic N) is 1. The number of fused-ring (bicyclic) bond motifs is 1. The van der Waals surface area contributed by atoms with Gasteiger partial charge < -0.3 is 19.7 Å². The van der Waals surface area contributed by atoms with Crippen molar-refractivity contribution in [1.82, 2.24) is 0 Å². The Morgan fingerprint density at radius 3 is 2.94 bits per heavy atom. The van der Waals surface area contributed by atoms with Crippen LogP contribution in [-0.4, -0.2) is 25.9 Å². The zero-order valence-corrected chi connectivity index (χ0v) is 10.6. The number of hydrogen-bond donors (Lipinski definition) is 0. The van der Waals surface area contributed by atoms with Gasteiger partial charge >= 0.3 is 0 Å². The molecular weight excluding hydrogens is 230 g/mol. The van der Waals surface area contributed by atoms with Crippen LogP contribution in [0, 0.1) is 5.21 Å². The summed E-state index contributed by atoms with van der Waals surface area (Å²) in [4.78, 5) is 0. The molecule has 2 aliphatic heterocycles. The Bertz CT molecular complexity index is 502. The van der Waals surface area contributed by atoms with Crippen LogP contribution in [0.15, 0.2) is 23.8 Å². The van der Waals surface area contributed by atoms with Crippen LogP contribution in [0.3, 0.4) is 0 Å². The first kappa shape index (κ1) is 11.6. The second-order valence-corrected chi connectivity index (χ2v) is 4.96. The van der Waals surface area contributed by atoms with Gasteiger partial charge in [-0.05, 0) is 37.6 Å². The van der Waals surface area contributed by atoms with Crippen molar-refractivity contribution in [2.24, 2.45) is 0 Å². The van der Waals surface area contributed by atoms with Crippen molar-refractivity contribution in [3.05, 3.63) is 34.5 Å². The summed E-state index contributed by atoms with van der Waals surface area (Å²) < 4.78 is 10.8. The van der Waals surface area contributed by atoms with Crippen LogP contribution < -0.4 is 9.80 Å². The monoisotopic (exact) mass is 246 g/mol. The van der Waals surface area contributed by atoms with Gasteiger partial charge in [0.25, 0.3) is 0 Å². The van der Waals surface area contributed by atoms with Gasteiger partial charge in [-0.2, -0.15) is 0 Å². The smallest absolute Gasteiger partial charge is 0.120 e. The van der Waals surface area contributed by atoms with Crippen molar-refractivity contribution in [3.63, 3.8) is 0 Å². The van der Waals surface area contributed by atoms with Crippen LogP contribution in [-0.2, 0) is 4.74 Å². The van der Waals surface area contributed by atoms with E-state index in [1.807, 2.05) is 32.0 Å². The van der Waals surface area contributed by atoms with Gasteiger partial charge in [0.1, 0.15) is 18.5 Å². The highest BCUT2D eigenvalue weighted by molar-refractivity contribution is 5.87. The Morgan fingerprint density at radius 2 is 2.28 bits per heavy atom. The van der Waals surface area contributed by atoms with E-state index >= 15 is 0 Å². The van der Waals surface area contributed by atoms with Crippen LogP contribution in [0.2, 0.25) is 0 Å². The normalized spacial score (nSPS) is 20.9. The Morgan fingerprint density at radius 1 is 1.50 bits per heavy atom. The average Bonchev–Trinajstić information content (AvgIpc) is 3.11. The fourth-order valence-electron chi connectivity index (χ4n) is 2.16. The molecule has 0 aromatic heterocycles. The van der Waals surface area contributed by atoms with Crippen molar-refractivity contribution >= 4 is 11.3 Å². The van der Waals surface area contributed by atoms with Crippen LogP contribution in [0.25, 0.3) is 5.57 Å². The molecule has 3 rings (SSSR count). The molecule has 0 radical (unpaired) electrons. The second-order valence-electron chi connectivity index (χ2n) is 4.96. The molecule has 0 bridgehead atoms. The third-order valence-corrected chi connectivity index (χ3v) is 3.31. The number of anilines is 1. The maximum absolute atomic E-state index is 11.8. The lowest BCUT2D eigenvalue weighted by Gasteiger charge is -2.24. The first-order valence-electron chi connectivity index (χ1n) is 6.15. The topological polar surface area (TPSA) is 48.1 Å². The molecule has 18 heavy (non-hydrogen) atoms. The maximum Gasteiger partial charge on any atom is 0.120 e. The van der Waals surface area contributed by atoms with E-state index in [0.29, 0.717) is 13.2 Å². The van der Waals surface area contributed by atoms with E-state index in [2.05, 4.69) is 0 Å². The largest absolute Gasteiger partial charge is 0.758 e. The lowest BCUT2D eigenvalue weighted by Crippen LogP contribution is -2.09. The summed E-state index contributed by atoms with van der Waals surface area (Å²) in [5.74, 6) is 0.804. The molecule has 4 heteroatoms. The molecule has 0 saturated carbocycles. The quantitative estimate of drug-likeness (QED) is 0.769. The lowest BCUT2D eigenvalue weighted by molar-refractivity contribution is 0.263. The summed E-state index contributed by atoms with van der Waals surface area (Å²) in [6, 6.07) is 5.64. The van der Waals surface area contributed by atoms with Crippen LogP contribution >= 0.6 is 0 Å². The van der Waals surface area contributed by atoms with Gasteiger partial charge in [0, 0.05) is 17.8 Å². The summed E-state index contributed by atoms with van der Waals surface area (Å²) in [6.45, 7) is 5.88. The molecule has 0 N–H and O–H groups in total. The highest BCUT2D eigenvalue weighted by atomic mass is 16.6. The van der Waals surface area contributed by atoms with E-state index in [4.69, 9.17) is 9.47 Å². The van der Waals surface area contributed by atoms with Crippen LogP contribution in [0.5, 0.6) is 5.75 Å². The molecule has 1 atom stereocenters. The lowest BCUT2D eigenvalue weighted by atomic mass is 10.0. The van der Waals surface area contributed by atoms with Crippen LogP contribution in [0.1, 0.15) is 19.4 Å². The Balaban J connectivity index is 1.88. The molecule has 96 valence electrons. The standard InChI is InChI=1S/C14H16NO3/c1-9(2)13-6-15(16)14-4-3-10(5-12(13)14)17-7-11-8-18-11/h3-5,11H,6-8H2,1-2H3/q-1. The number of hydroxylamine groups is 1. The van der Waals surface area contributed by atoms with Gasteiger partial charge in [0.15, 0.2) is 0 Å². The molecule has 1 saturated heterocycles. The molecule has 2 aliphatic rings. The Labute approximate surface area is 106 Å². The number of benzene rings is 1. The van der Waals surface area contributed by atoms with Gasteiger partial charge in [0.05, 0.1) is 6.61 Å². The molecular formula is C14H16NO3-. The molecule has 0 amide bonds. The number of rotatable bonds is 3. The molecule has 0 spiro atoms. The third-order valence-electron chi connectivity index (χ3n) is 3.31. The van der Waals surface area contributed by atoms with E-state index in [1.165, 1.54) is 5.57 Å². The van der Waals surface area contributed by atoms with Gasteiger partial charge in [-0.25, -0.2) is 0 Å². The molecule has 1 aromatic rings. The van der Waals surface area contributed by atoms with E-state index < -0.39 is 0 Å². The summed E-state index contributed by atoms with van der Waals surface area (Å²) in [5.41, 5.74) is 4.02. The second kappa shape index (κ2) is 4.30. The van der Waals surface area contributed by atoms with Crippen molar-refractivity contribution in [2.45, 2.75) is 20.0 Å². The van der Waals surface area contributed by atoms with E-state index in [0.717, 1.165) is 34.2 Å². The van der Waals surface area contributed by atoms with Crippen molar-refractivity contribution in [1.29, 1.82) is 0 Å². The highest BCUT2D eigenvalue weighted by Crippen LogP contribution is 2.38. The molecule has 1 unspecified atom stereocenters. The first-order chi connectivity index (χ1) is 8.65. The summed E-state index contributed by atoms with van der Waals surface area (Å²) in [7, 11) is 0. The molecule has 0 aliphatic carbocycles. The molecule has 2 heterocycles. The molecule has 1 aromatic carbocycles. The SMILES string of the molecule is CC(C)=C1CN([O-])c2ccc(OCC3CO3)cc21. The summed E-state index contributed by atoms with van der Waals surface area (Å²) in [5, 5.41) is 12.8. The van der Waals surface area contributed by atoms with E-state index in [-0.39, 0.29) is 6.10 Å². The summed E-state index contributed by atoms with van der Waals surface area (Å²) >= 11 is 0. The Hall–Kier alpha value is -1.52. The molecule has 4 nitrogen and oxygen atoms in total. The van der Waals surface area contributed by atoms with Crippen LogP contribution in [0.4, 0.5) is 5.69 Å². The minimum Gasteiger partial charge on any atom is -0.758 e. The minimum atomic E-state index is 0.247. The summed E-state index contributed by atoms with van der Waals surface area (Å²) in [6.07, 6.45) is 0.247. The number of epoxide rings is 1. The highest BCUT2D eigenvalue weighted by Gasteiger charge is 2.24. The van der Waals surface area contributed by atoms with Crippen molar-refractivity contribution in [3.8, 4) is 5.75 Å². The van der Waals surface area contributed by atoms with Gasteiger partial charge in [0.2, 0.25) is 0 Å². The van der Waals surface area contributed by atoms with Crippen molar-refractivity contribution < 1.29 is 9.47 Å². The number of allylic oxidation sites excluding steroid dienone is 1. The fourth-order valence-corrected chi connectivity index (χ4v) is 2.16. The molecule has 1 fully saturated rings. The Kier molecular flexibility index (Phi) is 2.76. The maximum atomic E-state index is 11.8. The zero-order valence-electron chi connectivity index (χ0n) is 10.6. The van der Waals surface area contributed by atoms with E-state index in [1.54, 1.807) is 0 Å². The number of hydrogen-bond acceptors (Lipinski definition) is 4. The fraction of sp³-hybridized carbons (Fsp3) is 0.429. The van der Waals surface area contributed by atoms with Crippen molar-refractivity contribution in [2.75, 3.05) is 24.8 Å². The average molecular weight is 246 g/mol. The number of ether oxygens (including phenoxy) is 2. The first-order valence-corrected chi connectivity index (χ1v) is 6.15.